The monoisotopic (exact) mass is 640 g/mol. The number of hydrogen-bond acceptors (Lipinski definition) is 7. The highest BCUT2D eigenvalue weighted by molar-refractivity contribution is 6.31. The Hall–Kier alpha value is -4.78. The van der Waals surface area contributed by atoms with Crippen LogP contribution in [0.5, 0.6) is 0 Å². The lowest BCUT2D eigenvalue weighted by Gasteiger charge is -2.21. The van der Waals surface area contributed by atoms with Gasteiger partial charge in [-0.05, 0) is 42.7 Å². The molecule has 0 fully saturated rings. The van der Waals surface area contributed by atoms with Gasteiger partial charge >= 0.3 is 6.18 Å². The van der Waals surface area contributed by atoms with Crippen LogP contribution in [0.15, 0.2) is 71.8 Å². The molecule has 0 aliphatic rings. The topological polar surface area (TPSA) is 131 Å². The molecule has 0 aliphatic heterocycles. The Morgan fingerprint density at radius 3 is 2.53 bits per heavy atom. The fourth-order valence-electron chi connectivity index (χ4n) is 4.92. The summed E-state index contributed by atoms with van der Waals surface area (Å²) in [5, 5.41) is 17.4. The maximum absolute atomic E-state index is 13.7. The molecular weight excluding hydrogens is 609 g/mol. The van der Waals surface area contributed by atoms with Crippen LogP contribution >= 0.6 is 11.6 Å². The summed E-state index contributed by atoms with van der Waals surface area (Å²) in [4.78, 5) is 33.9. The number of nitrogens with one attached hydrogen (secondary N) is 3. The molecule has 3 heterocycles. The number of carbonyl (C=O) groups is 1. The van der Waals surface area contributed by atoms with E-state index in [1.54, 1.807) is 25.4 Å². The van der Waals surface area contributed by atoms with E-state index >= 15 is 0 Å². The number of hydrogen-bond donors (Lipinski definition) is 3. The van der Waals surface area contributed by atoms with Gasteiger partial charge in [-0.1, -0.05) is 38.3 Å². The molecule has 0 bridgehead atoms. The summed E-state index contributed by atoms with van der Waals surface area (Å²) < 4.78 is 42.3. The minimum Gasteiger partial charge on any atom is -0.386 e. The van der Waals surface area contributed by atoms with E-state index in [1.807, 2.05) is 0 Å². The summed E-state index contributed by atoms with van der Waals surface area (Å²) in [6, 6.07) is 8.84. The Morgan fingerprint density at radius 1 is 1.13 bits per heavy atom. The van der Waals surface area contributed by atoms with Crippen molar-refractivity contribution in [3.63, 3.8) is 0 Å². The van der Waals surface area contributed by atoms with Gasteiger partial charge in [0.05, 0.1) is 52.6 Å². The average Bonchev–Trinajstić information content (AvgIpc) is 3.51. The second-order valence-corrected chi connectivity index (χ2v) is 11.0. The number of halogens is 4. The molecule has 45 heavy (non-hydrogen) atoms. The average molecular weight is 641 g/mol. The van der Waals surface area contributed by atoms with Gasteiger partial charge in [0.1, 0.15) is 0 Å². The molecule has 3 aromatic heterocycles. The zero-order chi connectivity index (χ0) is 32.7. The largest absolute Gasteiger partial charge is 0.419 e. The molecule has 0 saturated carbocycles. The van der Waals surface area contributed by atoms with Crippen LogP contribution in [0.3, 0.4) is 0 Å². The Morgan fingerprint density at radius 2 is 1.91 bits per heavy atom. The quantitative estimate of drug-likeness (QED) is 0.124. The summed E-state index contributed by atoms with van der Waals surface area (Å²) in [6.07, 6.45) is 3.75. The lowest BCUT2D eigenvalue weighted by Crippen LogP contribution is -2.26. The minimum atomic E-state index is -4.57. The van der Waals surface area contributed by atoms with Gasteiger partial charge in [-0.25, -0.2) is 9.67 Å². The summed E-state index contributed by atoms with van der Waals surface area (Å²) in [7, 11) is 1.66. The second kappa shape index (κ2) is 14.3. The van der Waals surface area contributed by atoms with Crippen LogP contribution in [0.4, 0.5) is 13.2 Å². The first kappa shape index (κ1) is 33.1. The first-order valence-corrected chi connectivity index (χ1v) is 14.4. The van der Waals surface area contributed by atoms with Crippen molar-refractivity contribution in [1.29, 1.82) is 5.41 Å². The van der Waals surface area contributed by atoms with E-state index < -0.39 is 23.3 Å². The van der Waals surface area contributed by atoms with Gasteiger partial charge in [0.25, 0.3) is 5.56 Å². The smallest absolute Gasteiger partial charge is 0.386 e. The number of allylic oxidation sites excluding steroid dienone is 1. The number of amides is 1. The predicted octanol–water partition coefficient (Wildman–Crippen LogP) is 5.86. The number of rotatable bonds is 13. The molecule has 0 aliphatic carbocycles. The molecule has 1 atom stereocenters. The lowest BCUT2D eigenvalue weighted by atomic mass is 9.99. The molecule has 4 aromatic rings. The molecule has 0 spiro atoms. The maximum Gasteiger partial charge on any atom is 0.419 e. The van der Waals surface area contributed by atoms with E-state index in [9.17, 15) is 22.8 Å². The summed E-state index contributed by atoms with van der Waals surface area (Å²) in [6.45, 7) is 4.22. The Bertz CT molecular complexity index is 1760. The Balaban J connectivity index is 1.79. The Labute approximate surface area is 262 Å². The van der Waals surface area contributed by atoms with Crippen molar-refractivity contribution < 1.29 is 18.0 Å². The van der Waals surface area contributed by atoms with Crippen LogP contribution in [0.25, 0.3) is 22.6 Å². The molecule has 10 nitrogen and oxygen atoms in total. The number of carbonyl (C=O) groups excluding carboxylic acids is 1. The van der Waals surface area contributed by atoms with E-state index in [0.29, 0.717) is 46.3 Å². The van der Waals surface area contributed by atoms with Crippen molar-refractivity contribution in [3.05, 3.63) is 99.2 Å². The number of nitrogens with zero attached hydrogens (tertiary/aromatic N) is 5. The minimum absolute atomic E-state index is 0.205. The van der Waals surface area contributed by atoms with Gasteiger partial charge in [-0.15, -0.1) is 0 Å². The van der Waals surface area contributed by atoms with Crippen molar-refractivity contribution >= 4 is 29.9 Å². The van der Waals surface area contributed by atoms with Crippen molar-refractivity contribution in [2.75, 3.05) is 7.05 Å². The van der Waals surface area contributed by atoms with Gasteiger partial charge in [0, 0.05) is 47.9 Å². The highest BCUT2D eigenvalue weighted by Gasteiger charge is 2.32. The van der Waals surface area contributed by atoms with Gasteiger partial charge in [-0.3, -0.25) is 19.1 Å². The van der Waals surface area contributed by atoms with Crippen LogP contribution < -0.4 is 16.2 Å². The van der Waals surface area contributed by atoms with Crippen LogP contribution in [0.1, 0.15) is 56.0 Å². The molecular formula is C31H32ClF3N8O2. The van der Waals surface area contributed by atoms with Crippen LogP contribution in [0.2, 0.25) is 5.02 Å². The standard InChI is InChI=1S/C31H32ClF3N8O2/c1-19(2)5-4-6-28(25-11-20(9-10-38-25)30(37-3)26(14-36)40-18-44)42-17-39-24(13-29(42)45)23-12-22(32)7-8-27(23)43-16-21(15-41-43)31(33,34)35/h7-19,28,36-37H,4-6H2,1-3H3,(H,40,44)/b30-26+,36-14?. The highest BCUT2D eigenvalue weighted by atomic mass is 35.5. The summed E-state index contributed by atoms with van der Waals surface area (Å²) in [5.74, 6) is 0.437. The van der Waals surface area contributed by atoms with Crippen LogP contribution in [0, 0.1) is 11.3 Å². The molecule has 3 N–H and O–H groups in total. The molecule has 0 radical (unpaired) electrons. The molecule has 1 amide bonds. The van der Waals surface area contributed by atoms with E-state index in [4.69, 9.17) is 17.0 Å². The van der Waals surface area contributed by atoms with Crippen molar-refractivity contribution in [3.8, 4) is 16.9 Å². The zero-order valence-electron chi connectivity index (χ0n) is 24.8. The fraction of sp³-hybridized carbons (Fsp3) is 0.290. The van der Waals surface area contributed by atoms with Gasteiger partial charge < -0.3 is 16.0 Å². The van der Waals surface area contributed by atoms with Gasteiger partial charge in [-0.2, -0.15) is 18.3 Å². The zero-order valence-corrected chi connectivity index (χ0v) is 25.5. The Kier molecular flexibility index (Phi) is 10.6. The van der Waals surface area contributed by atoms with Gasteiger partial charge in [0.2, 0.25) is 6.41 Å². The molecule has 0 saturated heterocycles. The van der Waals surface area contributed by atoms with Gasteiger partial charge in [0.15, 0.2) is 0 Å². The lowest BCUT2D eigenvalue weighted by molar-refractivity contribution is -0.137. The first-order valence-electron chi connectivity index (χ1n) is 14.1. The SMILES string of the molecule is CN/C(=C(\C=N)NC=O)c1ccnc(C(CCCC(C)C)n2cnc(-c3cc(Cl)ccc3-n3cc(C(F)(F)F)cn3)cc2=O)c1. The summed E-state index contributed by atoms with van der Waals surface area (Å²) >= 11 is 6.25. The third-order valence-corrected chi connectivity index (χ3v) is 7.35. The second-order valence-electron chi connectivity index (χ2n) is 10.6. The maximum atomic E-state index is 13.7. The number of benzene rings is 1. The van der Waals surface area contributed by atoms with E-state index in [2.05, 4.69) is 39.5 Å². The predicted molar refractivity (Wildman–Crippen MR) is 166 cm³/mol. The molecule has 1 unspecified atom stereocenters. The van der Waals surface area contributed by atoms with Crippen molar-refractivity contribution in [2.24, 2.45) is 5.92 Å². The number of aromatic nitrogens is 5. The molecule has 1 aromatic carbocycles. The highest BCUT2D eigenvalue weighted by Crippen LogP contribution is 2.32. The van der Waals surface area contributed by atoms with E-state index in [0.717, 1.165) is 36.1 Å². The van der Waals surface area contributed by atoms with E-state index in [-0.39, 0.29) is 17.1 Å². The van der Waals surface area contributed by atoms with Crippen LogP contribution in [-0.4, -0.2) is 44.0 Å². The van der Waals surface area contributed by atoms with Crippen molar-refractivity contribution in [1.82, 2.24) is 34.9 Å². The molecule has 14 heteroatoms. The first-order chi connectivity index (χ1) is 21.5. The normalized spacial score (nSPS) is 12.9. The van der Waals surface area contributed by atoms with Crippen LogP contribution in [-0.2, 0) is 11.0 Å². The third-order valence-electron chi connectivity index (χ3n) is 7.11. The molecule has 236 valence electrons. The number of alkyl halides is 3. The van der Waals surface area contributed by atoms with E-state index in [1.165, 1.54) is 35.2 Å². The molecule has 4 rings (SSSR count). The third kappa shape index (κ3) is 7.85. The van der Waals surface area contributed by atoms with Crippen molar-refractivity contribution in [2.45, 2.75) is 45.3 Å². The fourth-order valence-corrected chi connectivity index (χ4v) is 5.10. The number of pyridine rings is 1. The summed E-state index contributed by atoms with van der Waals surface area (Å²) in [5.41, 5.74) is 1.41.